The largest absolute Gasteiger partial charge is 0.490 e. The van der Waals surface area contributed by atoms with Crippen LogP contribution in [0, 0.1) is 5.82 Å². The van der Waals surface area contributed by atoms with Crippen molar-refractivity contribution in [3.8, 4) is 5.75 Å². The Balaban J connectivity index is 1.98. The topological polar surface area (TPSA) is 29.5 Å². The molecule has 0 amide bonds. The van der Waals surface area contributed by atoms with Gasteiger partial charge in [0.25, 0.3) is 0 Å². The highest BCUT2D eigenvalue weighted by Crippen LogP contribution is 2.20. The Morgan fingerprint density at radius 1 is 1.17 bits per heavy atom. The average molecular weight is 267 g/mol. The van der Waals surface area contributed by atoms with Crippen LogP contribution in [0.5, 0.6) is 5.75 Å². The van der Waals surface area contributed by atoms with Gasteiger partial charge in [-0.2, -0.15) is 0 Å². The van der Waals surface area contributed by atoms with Gasteiger partial charge in [0.15, 0.2) is 0 Å². The first-order chi connectivity index (χ1) is 8.65. The summed E-state index contributed by atoms with van der Waals surface area (Å²) in [6.45, 7) is 0.0454. The molecule has 0 saturated heterocycles. The minimum absolute atomic E-state index is 0.0454. The van der Waals surface area contributed by atoms with E-state index < -0.39 is 6.10 Å². The highest BCUT2D eigenvalue weighted by molar-refractivity contribution is 6.30. The molecule has 0 spiro atoms. The quantitative estimate of drug-likeness (QED) is 0.916. The van der Waals surface area contributed by atoms with Crippen LogP contribution in [0.2, 0.25) is 5.02 Å². The minimum atomic E-state index is -0.875. The number of hydrogen-bond acceptors (Lipinski definition) is 2. The van der Waals surface area contributed by atoms with Gasteiger partial charge in [-0.25, -0.2) is 4.39 Å². The van der Waals surface area contributed by atoms with Crippen molar-refractivity contribution in [1.29, 1.82) is 0 Å². The summed E-state index contributed by atoms with van der Waals surface area (Å²) in [5.41, 5.74) is 0.483. The fourth-order valence-electron chi connectivity index (χ4n) is 1.54. The zero-order valence-electron chi connectivity index (χ0n) is 9.51. The lowest BCUT2D eigenvalue weighted by Gasteiger charge is -2.12. The number of aliphatic hydroxyl groups excluding tert-OH is 1. The molecule has 1 N–H and O–H groups in total. The second kappa shape index (κ2) is 5.85. The molecular formula is C14H12ClFO2. The van der Waals surface area contributed by atoms with E-state index in [1.54, 1.807) is 36.4 Å². The van der Waals surface area contributed by atoms with E-state index in [0.29, 0.717) is 16.3 Å². The van der Waals surface area contributed by atoms with Crippen LogP contribution < -0.4 is 4.74 Å². The van der Waals surface area contributed by atoms with Gasteiger partial charge in [0, 0.05) is 5.02 Å². The third kappa shape index (κ3) is 3.45. The van der Waals surface area contributed by atoms with Crippen LogP contribution in [-0.4, -0.2) is 11.7 Å². The molecule has 0 aliphatic carbocycles. The molecule has 0 heterocycles. The molecule has 2 nitrogen and oxygen atoms in total. The van der Waals surface area contributed by atoms with Gasteiger partial charge < -0.3 is 9.84 Å². The molecule has 0 aliphatic rings. The molecule has 4 heteroatoms. The number of aliphatic hydroxyl groups is 1. The summed E-state index contributed by atoms with van der Waals surface area (Å²) in [7, 11) is 0. The molecule has 2 aromatic carbocycles. The maximum Gasteiger partial charge on any atom is 0.123 e. The minimum Gasteiger partial charge on any atom is -0.490 e. The Bertz CT molecular complexity index is 531. The summed E-state index contributed by atoms with van der Waals surface area (Å²) in [4.78, 5) is 0. The van der Waals surface area contributed by atoms with Crippen LogP contribution in [0.1, 0.15) is 11.7 Å². The van der Waals surface area contributed by atoms with Crippen molar-refractivity contribution in [1.82, 2.24) is 0 Å². The van der Waals surface area contributed by atoms with E-state index in [1.165, 1.54) is 12.1 Å². The van der Waals surface area contributed by atoms with Crippen molar-refractivity contribution in [3.63, 3.8) is 0 Å². The first-order valence-corrected chi connectivity index (χ1v) is 5.85. The van der Waals surface area contributed by atoms with Crippen LogP contribution in [0.3, 0.4) is 0 Å². The molecular weight excluding hydrogens is 255 g/mol. The molecule has 1 atom stereocenters. The molecule has 1 unspecified atom stereocenters. The molecule has 0 radical (unpaired) electrons. The Labute approximate surface area is 110 Å². The van der Waals surface area contributed by atoms with Gasteiger partial charge in [0.2, 0.25) is 0 Å². The molecule has 0 saturated carbocycles. The zero-order chi connectivity index (χ0) is 13.0. The van der Waals surface area contributed by atoms with E-state index in [2.05, 4.69) is 0 Å². The van der Waals surface area contributed by atoms with Gasteiger partial charge in [-0.1, -0.05) is 29.8 Å². The number of hydrogen-bond donors (Lipinski definition) is 1. The highest BCUT2D eigenvalue weighted by atomic mass is 35.5. The second-order valence-corrected chi connectivity index (χ2v) is 4.28. The van der Waals surface area contributed by atoms with Crippen LogP contribution >= 0.6 is 11.6 Å². The highest BCUT2D eigenvalue weighted by Gasteiger charge is 2.09. The molecule has 0 bridgehead atoms. The molecule has 2 rings (SSSR count). The standard InChI is InChI=1S/C14H12ClFO2/c15-11-4-2-6-13(8-11)18-9-14(17)10-3-1-5-12(16)7-10/h1-8,14,17H,9H2. The van der Waals surface area contributed by atoms with Crippen LogP contribution in [0.4, 0.5) is 4.39 Å². The van der Waals surface area contributed by atoms with Crippen molar-refractivity contribution in [2.24, 2.45) is 0 Å². The number of rotatable bonds is 4. The van der Waals surface area contributed by atoms with Gasteiger partial charge in [0.1, 0.15) is 24.3 Å². The molecule has 2 aromatic rings. The van der Waals surface area contributed by atoms with Gasteiger partial charge in [-0.05, 0) is 35.9 Å². The van der Waals surface area contributed by atoms with Gasteiger partial charge in [0.05, 0.1) is 0 Å². The summed E-state index contributed by atoms with van der Waals surface area (Å²) >= 11 is 5.81. The van der Waals surface area contributed by atoms with Crippen LogP contribution in [0.25, 0.3) is 0 Å². The first kappa shape index (κ1) is 12.9. The maximum absolute atomic E-state index is 13.0. The van der Waals surface area contributed by atoms with Crippen molar-refractivity contribution in [3.05, 3.63) is 64.9 Å². The first-order valence-electron chi connectivity index (χ1n) is 5.47. The lowest BCUT2D eigenvalue weighted by Crippen LogP contribution is -2.09. The Morgan fingerprint density at radius 3 is 2.67 bits per heavy atom. The molecule has 18 heavy (non-hydrogen) atoms. The molecule has 0 fully saturated rings. The summed E-state index contributed by atoms with van der Waals surface area (Å²) in [5.74, 6) is 0.187. The molecule has 0 aliphatic heterocycles. The average Bonchev–Trinajstić information content (AvgIpc) is 2.36. The summed E-state index contributed by atoms with van der Waals surface area (Å²) < 4.78 is 18.4. The van der Waals surface area contributed by atoms with Crippen molar-refractivity contribution in [2.75, 3.05) is 6.61 Å². The van der Waals surface area contributed by atoms with Crippen molar-refractivity contribution in [2.45, 2.75) is 6.10 Å². The van der Waals surface area contributed by atoms with E-state index >= 15 is 0 Å². The van der Waals surface area contributed by atoms with Crippen LogP contribution in [-0.2, 0) is 0 Å². The summed E-state index contributed by atoms with van der Waals surface area (Å²) in [5, 5.41) is 10.4. The molecule has 94 valence electrons. The third-order valence-corrected chi connectivity index (χ3v) is 2.67. The maximum atomic E-state index is 13.0. The Kier molecular flexibility index (Phi) is 4.18. The predicted molar refractivity (Wildman–Crippen MR) is 68.3 cm³/mol. The lowest BCUT2D eigenvalue weighted by molar-refractivity contribution is 0.108. The summed E-state index contributed by atoms with van der Waals surface area (Å²) in [6.07, 6.45) is -0.875. The van der Waals surface area contributed by atoms with E-state index in [1.807, 2.05) is 0 Å². The van der Waals surface area contributed by atoms with E-state index in [-0.39, 0.29) is 12.4 Å². The fraction of sp³-hybridized carbons (Fsp3) is 0.143. The Morgan fingerprint density at radius 2 is 1.94 bits per heavy atom. The van der Waals surface area contributed by atoms with Crippen molar-refractivity contribution >= 4 is 11.6 Å². The normalized spacial score (nSPS) is 12.2. The van der Waals surface area contributed by atoms with E-state index in [9.17, 15) is 9.50 Å². The molecule has 0 aromatic heterocycles. The van der Waals surface area contributed by atoms with E-state index in [0.717, 1.165) is 0 Å². The number of benzene rings is 2. The number of halogens is 2. The summed E-state index contributed by atoms with van der Waals surface area (Å²) in [6, 6.07) is 12.7. The predicted octanol–water partition coefficient (Wildman–Crippen LogP) is 3.59. The smallest absolute Gasteiger partial charge is 0.123 e. The zero-order valence-corrected chi connectivity index (χ0v) is 10.3. The van der Waals surface area contributed by atoms with Gasteiger partial charge >= 0.3 is 0 Å². The van der Waals surface area contributed by atoms with Gasteiger partial charge in [-0.15, -0.1) is 0 Å². The van der Waals surface area contributed by atoms with Crippen molar-refractivity contribution < 1.29 is 14.2 Å². The third-order valence-electron chi connectivity index (χ3n) is 2.44. The fourth-order valence-corrected chi connectivity index (χ4v) is 1.72. The number of ether oxygens (including phenoxy) is 1. The second-order valence-electron chi connectivity index (χ2n) is 3.84. The van der Waals surface area contributed by atoms with Gasteiger partial charge in [-0.3, -0.25) is 0 Å². The lowest BCUT2D eigenvalue weighted by atomic mass is 10.1. The van der Waals surface area contributed by atoms with Crippen LogP contribution in [0.15, 0.2) is 48.5 Å². The van der Waals surface area contributed by atoms with E-state index in [4.69, 9.17) is 16.3 Å². The Hall–Kier alpha value is -1.58. The SMILES string of the molecule is OC(COc1cccc(Cl)c1)c1cccc(F)c1. The monoisotopic (exact) mass is 266 g/mol.